The van der Waals surface area contributed by atoms with Crippen molar-refractivity contribution in [1.82, 2.24) is 9.97 Å². The van der Waals surface area contributed by atoms with E-state index in [1.54, 1.807) is 19.9 Å². The van der Waals surface area contributed by atoms with Gasteiger partial charge in [-0.2, -0.15) is 4.98 Å². The average Bonchev–Trinajstić information content (AvgIpc) is 2.44. The van der Waals surface area contributed by atoms with E-state index in [2.05, 4.69) is 31.3 Å². The Balaban J connectivity index is 2.45. The van der Waals surface area contributed by atoms with E-state index < -0.39 is 4.92 Å². The highest BCUT2D eigenvalue weighted by Crippen LogP contribution is 2.34. The number of nitro benzene ring substituents is 1. The maximum absolute atomic E-state index is 10.8. The van der Waals surface area contributed by atoms with E-state index in [4.69, 9.17) is 10.6 Å². The molecule has 1 aromatic carbocycles. The predicted octanol–water partition coefficient (Wildman–Crippen LogP) is 2.84. The van der Waals surface area contributed by atoms with Crippen LogP contribution in [0.25, 0.3) is 0 Å². The lowest BCUT2D eigenvalue weighted by Gasteiger charge is -2.12. The van der Waals surface area contributed by atoms with Crippen molar-refractivity contribution in [2.24, 2.45) is 5.84 Å². The van der Waals surface area contributed by atoms with Crippen LogP contribution in [0.5, 0.6) is 11.6 Å². The minimum atomic E-state index is -0.496. The molecule has 0 fully saturated rings. The van der Waals surface area contributed by atoms with Gasteiger partial charge in [0.15, 0.2) is 5.75 Å². The maximum atomic E-state index is 10.8. The lowest BCUT2D eigenvalue weighted by Crippen LogP contribution is -2.12. The van der Waals surface area contributed by atoms with Gasteiger partial charge in [-0.3, -0.25) is 10.1 Å². The molecular weight excluding hydrogens is 342 g/mol. The Hall–Kier alpha value is -2.26. The summed E-state index contributed by atoms with van der Waals surface area (Å²) in [5, 5.41) is 10.8. The summed E-state index contributed by atoms with van der Waals surface area (Å²) >= 11 is 3.28. The second-order valence-electron chi connectivity index (χ2n) is 4.17. The molecule has 8 nitrogen and oxygen atoms in total. The standard InChI is InChI=1S/C12H12BrN5O3/c1-6-11(17-14)15-7(2)16-12(6)21-10-5-8(18(19)20)3-4-9(10)13/h3-5H,14H2,1-2H3,(H,15,16,17). The second kappa shape index (κ2) is 6.02. The van der Waals surface area contributed by atoms with Crippen molar-refractivity contribution in [3.63, 3.8) is 0 Å². The highest BCUT2D eigenvalue weighted by atomic mass is 79.9. The largest absolute Gasteiger partial charge is 0.437 e. The van der Waals surface area contributed by atoms with Gasteiger partial charge < -0.3 is 10.2 Å². The monoisotopic (exact) mass is 353 g/mol. The second-order valence-corrected chi connectivity index (χ2v) is 5.02. The van der Waals surface area contributed by atoms with Crippen molar-refractivity contribution in [1.29, 1.82) is 0 Å². The molecule has 0 bridgehead atoms. The number of benzene rings is 1. The third kappa shape index (κ3) is 3.26. The van der Waals surface area contributed by atoms with Gasteiger partial charge in [0.05, 0.1) is 21.0 Å². The molecule has 3 N–H and O–H groups in total. The molecule has 0 aliphatic heterocycles. The van der Waals surface area contributed by atoms with E-state index in [0.29, 0.717) is 21.7 Å². The van der Waals surface area contributed by atoms with Crippen LogP contribution >= 0.6 is 15.9 Å². The first-order chi connectivity index (χ1) is 9.92. The Morgan fingerprint density at radius 1 is 1.38 bits per heavy atom. The Bertz CT molecular complexity index is 708. The molecule has 9 heteroatoms. The Morgan fingerprint density at radius 3 is 2.71 bits per heavy atom. The number of non-ortho nitro benzene ring substituents is 1. The highest BCUT2D eigenvalue weighted by molar-refractivity contribution is 9.10. The Morgan fingerprint density at radius 2 is 2.10 bits per heavy atom. The van der Waals surface area contributed by atoms with Crippen LogP contribution in [0.2, 0.25) is 0 Å². The number of hydrazine groups is 1. The number of halogens is 1. The number of nitrogens with one attached hydrogen (secondary N) is 1. The number of ether oxygens (including phenoxy) is 1. The summed E-state index contributed by atoms with van der Waals surface area (Å²) in [4.78, 5) is 18.6. The van der Waals surface area contributed by atoms with Gasteiger partial charge in [-0.05, 0) is 35.8 Å². The van der Waals surface area contributed by atoms with Crippen LogP contribution in [0.3, 0.4) is 0 Å². The number of nitrogens with two attached hydrogens (primary N) is 1. The molecule has 0 saturated heterocycles. The number of anilines is 1. The van der Waals surface area contributed by atoms with Gasteiger partial charge in [-0.15, -0.1) is 0 Å². The van der Waals surface area contributed by atoms with Gasteiger partial charge in [0.1, 0.15) is 11.6 Å². The molecule has 1 aromatic heterocycles. The first-order valence-corrected chi connectivity index (χ1v) is 6.65. The molecule has 0 saturated carbocycles. The molecule has 0 aliphatic rings. The zero-order valence-corrected chi connectivity index (χ0v) is 12.8. The SMILES string of the molecule is Cc1nc(NN)c(C)c(Oc2cc([N+](=O)[O-])ccc2Br)n1. The highest BCUT2D eigenvalue weighted by Gasteiger charge is 2.15. The summed E-state index contributed by atoms with van der Waals surface area (Å²) in [7, 11) is 0. The van der Waals surface area contributed by atoms with Crippen molar-refractivity contribution in [3.05, 3.63) is 44.2 Å². The topological polar surface area (TPSA) is 116 Å². The molecule has 2 rings (SSSR count). The molecular formula is C12H12BrN5O3. The zero-order valence-electron chi connectivity index (χ0n) is 11.3. The van der Waals surface area contributed by atoms with Crippen LogP contribution in [-0.4, -0.2) is 14.9 Å². The molecule has 110 valence electrons. The van der Waals surface area contributed by atoms with Crippen LogP contribution in [0.15, 0.2) is 22.7 Å². The molecule has 1 heterocycles. The lowest BCUT2D eigenvalue weighted by molar-refractivity contribution is -0.384. The summed E-state index contributed by atoms with van der Waals surface area (Å²) in [6.07, 6.45) is 0. The molecule has 0 atom stereocenters. The van der Waals surface area contributed by atoms with Crippen LogP contribution < -0.4 is 16.0 Å². The quantitative estimate of drug-likeness (QED) is 0.493. The molecule has 0 radical (unpaired) electrons. The predicted molar refractivity (Wildman–Crippen MR) is 80.2 cm³/mol. The third-order valence-electron chi connectivity index (χ3n) is 2.68. The number of hydrogen-bond acceptors (Lipinski definition) is 7. The zero-order chi connectivity index (χ0) is 15.6. The number of nitrogen functional groups attached to an aromatic ring is 1. The summed E-state index contributed by atoms with van der Waals surface area (Å²) in [6, 6.07) is 4.23. The van der Waals surface area contributed by atoms with Gasteiger partial charge >= 0.3 is 0 Å². The fourth-order valence-corrected chi connectivity index (χ4v) is 1.96. The van der Waals surface area contributed by atoms with Gasteiger partial charge in [-0.1, -0.05) is 0 Å². The number of aryl methyl sites for hydroxylation is 1. The van der Waals surface area contributed by atoms with Gasteiger partial charge in [-0.25, -0.2) is 10.8 Å². The molecule has 0 aliphatic carbocycles. The van der Waals surface area contributed by atoms with Crippen LogP contribution in [0, 0.1) is 24.0 Å². The van der Waals surface area contributed by atoms with E-state index in [9.17, 15) is 10.1 Å². The lowest BCUT2D eigenvalue weighted by atomic mass is 10.3. The van der Waals surface area contributed by atoms with Crippen LogP contribution in [0.4, 0.5) is 11.5 Å². The number of hydrogen-bond donors (Lipinski definition) is 2. The molecule has 2 aromatic rings. The maximum Gasteiger partial charge on any atom is 0.273 e. The van der Waals surface area contributed by atoms with Crippen molar-refractivity contribution in [2.45, 2.75) is 13.8 Å². The first kappa shape index (κ1) is 15.1. The van der Waals surface area contributed by atoms with Gasteiger partial charge in [0.2, 0.25) is 5.88 Å². The van der Waals surface area contributed by atoms with E-state index in [1.165, 1.54) is 12.1 Å². The molecule has 21 heavy (non-hydrogen) atoms. The fraction of sp³-hybridized carbons (Fsp3) is 0.167. The number of rotatable bonds is 4. The van der Waals surface area contributed by atoms with E-state index in [0.717, 1.165) is 0 Å². The molecule has 0 amide bonds. The van der Waals surface area contributed by atoms with E-state index >= 15 is 0 Å². The number of nitro groups is 1. The fourth-order valence-electron chi connectivity index (χ4n) is 1.63. The normalized spacial score (nSPS) is 10.3. The smallest absolute Gasteiger partial charge is 0.273 e. The average molecular weight is 354 g/mol. The first-order valence-electron chi connectivity index (χ1n) is 5.86. The Labute approximate surface area is 128 Å². The molecule has 0 spiro atoms. The summed E-state index contributed by atoms with van der Waals surface area (Å²) in [6.45, 7) is 3.42. The summed E-state index contributed by atoms with van der Waals surface area (Å²) in [5.74, 6) is 6.83. The van der Waals surface area contributed by atoms with Gasteiger partial charge in [0.25, 0.3) is 5.69 Å². The third-order valence-corrected chi connectivity index (χ3v) is 3.34. The number of aromatic nitrogens is 2. The van der Waals surface area contributed by atoms with Crippen molar-refractivity contribution in [3.8, 4) is 11.6 Å². The van der Waals surface area contributed by atoms with Crippen molar-refractivity contribution < 1.29 is 9.66 Å². The number of nitrogens with zero attached hydrogens (tertiary/aromatic N) is 3. The minimum Gasteiger partial charge on any atom is -0.437 e. The molecule has 0 unspecified atom stereocenters. The van der Waals surface area contributed by atoms with Crippen LogP contribution in [-0.2, 0) is 0 Å². The summed E-state index contributed by atoms with van der Waals surface area (Å²) in [5.41, 5.74) is 2.98. The van der Waals surface area contributed by atoms with E-state index in [1.807, 2.05) is 0 Å². The van der Waals surface area contributed by atoms with E-state index in [-0.39, 0.29) is 17.3 Å². The Kier molecular flexibility index (Phi) is 4.34. The van der Waals surface area contributed by atoms with Crippen LogP contribution in [0.1, 0.15) is 11.4 Å². The van der Waals surface area contributed by atoms with Crippen molar-refractivity contribution in [2.75, 3.05) is 5.43 Å². The summed E-state index contributed by atoms with van der Waals surface area (Å²) < 4.78 is 6.23. The van der Waals surface area contributed by atoms with Gasteiger partial charge in [0, 0.05) is 6.07 Å². The minimum absolute atomic E-state index is 0.0752. The van der Waals surface area contributed by atoms with Crippen molar-refractivity contribution >= 4 is 27.4 Å².